The number of aromatic nitrogens is 1. The van der Waals surface area contributed by atoms with Gasteiger partial charge in [0.2, 0.25) is 10.0 Å². The van der Waals surface area contributed by atoms with Crippen LogP contribution in [0.3, 0.4) is 0 Å². The topological polar surface area (TPSA) is 105 Å². The molecule has 4 N–H and O–H groups in total. The van der Waals surface area contributed by atoms with Gasteiger partial charge in [-0.2, -0.15) is 0 Å². The number of H-pyrrole nitrogens is 1. The Kier molecular flexibility index (Phi) is 5.05. The van der Waals surface area contributed by atoms with Crippen LogP contribution in [0.5, 0.6) is 0 Å². The van der Waals surface area contributed by atoms with E-state index in [-0.39, 0.29) is 16.5 Å². The molecule has 6 nitrogen and oxygen atoms in total. The summed E-state index contributed by atoms with van der Waals surface area (Å²) < 4.78 is 22.3. The normalized spacial score (nSPS) is 23.0. The Morgan fingerprint density at radius 2 is 1.95 bits per heavy atom. The highest BCUT2D eigenvalue weighted by Gasteiger charge is 2.21. The first kappa shape index (κ1) is 16.0. The molecular formula is C14H23N3O3S. The van der Waals surface area contributed by atoms with E-state index in [1.165, 1.54) is 31.5 Å². The van der Waals surface area contributed by atoms with Gasteiger partial charge in [0, 0.05) is 12.7 Å². The molecule has 0 aliphatic heterocycles. The first-order chi connectivity index (χ1) is 9.90. The zero-order valence-corrected chi connectivity index (χ0v) is 13.1. The molecule has 1 aliphatic rings. The predicted octanol–water partition coefficient (Wildman–Crippen LogP) is 1.61. The second-order valence-electron chi connectivity index (χ2n) is 5.80. The molecule has 7 heteroatoms. The van der Waals surface area contributed by atoms with E-state index in [1.807, 2.05) is 0 Å². The smallest absolute Gasteiger partial charge is 0.267 e. The molecule has 0 saturated heterocycles. The summed E-state index contributed by atoms with van der Waals surface area (Å²) in [5.74, 6) is 1.06. The van der Waals surface area contributed by atoms with Crippen molar-refractivity contribution >= 4 is 15.9 Å². The average molecular weight is 313 g/mol. The summed E-state index contributed by atoms with van der Waals surface area (Å²) in [6.45, 7) is 2.86. The summed E-state index contributed by atoms with van der Waals surface area (Å²) in [4.78, 5) is 14.5. The SMILES string of the molecule is CCC1CCC(CNC(=O)c2cc(S(N)(=O)=O)c[nH]2)CC1. The fraction of sp³-hybridized carbons (Fsp3) is 0.643. The summed E-state index contributed by atoms with van der Waals surface area (Å²) in [6.07, 6.45) is 7.22. The highest BCUT2D eigenvalue weighted by atomic mass is 32.2. The Morgan fingerprint density at radius 3 is 2.48 bits per heavy atom. The summed E-state index contributed by atoms with van der Waals surface area (Å²) in [5, 5.41) is 7.87. The van der Waals surface area contributed by atoms with Crippen molar-refractivity contribution in [2.24, 2.45) is 17.0 Å². The predicted molar refractivity (Wildman–Crippen MR) is 80.2 cm³/mol. The number of sulfonamides is 1. The van der Waals surface area contributed by atoms with Gasteiger partial charge in [0.15, 0.2) is 0 Å². The highest BCUT2D eigenvalue weighted by molar-refractivity contribution is 7.89. The summed E-state index contributed by atoms with van der Waals surface area (Å²) in [6, 6.07) is 1.26. The third-order valence-electron chi connectivity index (χ3n) is 4.32. The zero-order valence-electron chi connectivity index (χ0n) is 12.3. The number of hydrogen-bond donors (Lipinski definition) is 3. The van der Waals surface area contributed by atoms with Gasteiger partial charge in [-0.05, 0) is 30.7 Å². The number of hydrogen-bond acceptors (Lipinski definition) is 3. The Morgan fingerprint density at radius 1 is 1.33 bits per heavy atom. The van der Waals surface area contributed by atoms with Gasteiger partial charge in [-0.1, -0.05) is 26.2 Å². The van der Waals surface area contributed by atoms with Crippen LogP contribution in [0.2, 0.25) is 0 Å². The second-order valence-corrected chi connectivity index (χ2v) is 7.36. The lowest BCUT2D eigenvalue weighted by molar-refractivity contribution is 0.0936. The Hall–Kier alpha value is -1.34. The fourth-order valence-electron chi connectivity index (χ4n) is 2.85. The van der Waals surface area contributed by atoms with Gasteiger partial charge in [-0.25, -0.2) is 13.6 Å². The van der Waals surface area contributed by atoms with E-state index in [9.17, 15) is 13.2 Å². The van der Waals surface area contributed by atoms with Gasteiger partial charge in [-0.3, -0.25) is 4.79 Å². The van der Waals surface area contributed by atoms with Crippen LogP contribution in [0.25, 0.3) is 0 Å². The maximum Gasteiger partial charge on any atom is 0.267 e. The monoisotopic (exact) mass is 313 g/mol. The molecule has 1 aliphatic carbocycles. The van der Waals surface area contributed by atoms with Gasteiger partial charge in [0.25, 0.3) is 5.91 Å². The number of rotatable bonds is 5. The average Bonchev–Trinajstić information content (AvgIpc) is 2.95. The maximum absolute atomic E-state index is 12.0. The lowest BCUT2D eigenvalue weighted by Gasteiger charge is -2.27. The molecule has 0 radical (unpaired) electrons. The summed E-state index contributed by atoms with van der Waals surface area (Å²) in [7, 11) is -3.77. The molecule has 1 aromatic heterocycles. The van der Waals surface area contributed by atoms with Gasteiger partial charge in [0.1, 0.15) is 5.69 Å². The molecule has 0 bridgehead atoms. The van der Waals surface area contributed by atoms with E-state index in [2.05, 4.69) is 17.2 Å². The number of carbonyl (C=O) groups is 1. The Bertz CT molecular complexity index is 586. The van der Waals surface area contributed by atoms with Crippen molar-refractivity contribution in [2.75, 3.05) is 6.54 Å². The van der Waals surface area contributed by atoms with E-state index < -0.39 is 10.0 Å². The van der Waals surface area contributed by atoms with Crippen LogP contribution in [0.15, 0.2) is 17.2 Å². The van der Waals surface area contributed by atoms with Crippen molar-refractivity contribution in [1.29, 1.82) is 0 Å². The molecule has 0 atom stereocenters. The summed E-state index contributed by atoms with van der Waals surface area (Å²) >= 11 is 0. The van der Waals surface area contributed by atoms with E-state index in [4.69, 9.17) is 5.14 Å². The van der Waals surface area contributed by atoms with Crippen LogP contribution in [-0.2, 0) is 10.0 Å². The minimum atomic E-state index is -3.77. The quantitative estimate of drug-likeness (QED) is 0.769. The van der Waals surface area contributed by atoms with Crippen LogP contribution >= 0.6 is 0 Å². The van der Waals surface area contributed by atoms with Gasteiger partial charge in [0.05, 0.1) is 4.90 Å². The minimum absolute atomic E-state index is 0.0731. The molecule has 21 heavy (non-hydrogen) atoms. The standard InChI is InChI=1S/C14H23N3O3S/c1-2-10-3-5-11(6-4-10)8-17-14(18)13-7-12(9-16-13)21(15,19)20/h7,9-11,16H,2-6,8H2,1H3,(H,17,18)(H2,15,19,20). The molecule has 1 aromatic rings. The molecule has 0 spiro atoms. The number of primary sulfonamides is 1. The lowest BCUT2D eigenvalue weighted by atomic mass is 9.81. The second kappa shape index (κ2) is 6.62. The first-order valence-corrected chi connectivity index (χ1v) is 8.94. The van der Waals surface area contributed by atoms with E-state index >= 15 is 0 Å². The van der Waals surface area contributed by atoms with Gasteiger partial charge < -0.3 is 10.3 Å². The molecular weight excluding hydrogens is 290 g/mol. The van der Waals surface area contributed by atoms with Crippen molar-refractivity contribution in [3.63, 3.8) is 0 Å². The van der Waals surface area contributed by atoms with Crippen LogP contribution < -0.4 is 10.5 Å². The third kappa shape index (κ3) is 4.31. The van der Waals surface area contributed by atoms with Crippen LogP contribution in [0.4, 0.5) is 0 Å². The molecule has 1 heterocycles. The number of amides is 1. The number of aromatic amines is 1. The van der Waals surface area contributed by atoms with Crippen LogP contribution in [0, 0.1) is 11.8 Å². The summed E-state index contributed by atoms with van der Waals surface area (Å²) in [5.41, 5.74) is 0.223. The molecule has 1 fully saturated rings. The number of nitrogens with two attached hydrogens (primary N) is 1. The molecule has 1 saturated carbocycles. The minimum Gasteiger partial charge on any atom is -0.356 e. The zero-order chi connectivity index (χ0) is 15.5. The number of carbonyl (C=O) groups excluding carboxylic acids is 1. The van der Waals surface area contributed by atoms with Crippen molar-refractivity contribution in [3.05, 3.63) is 18.0 Å². The van der Waals surface area contributed by atoms with Crippen molar-refractivity contribution < 1.29 is 13.2 Å². The first-order valence-electron chi connectivity index (χ1n) is 7.39. The molecule has 1 amide bonds. The Balaban J connectivity index is 1.84. The largest absolute Gasteiger partial charge is 0.356 e. The maximum atomic E-state index is 12.0. The Labute approximate surface area is 125 Å². The van der Waals surface area contributed by atoms with E-state index in [0.717, 1.165) is 18.8 Å². The fourth-order valence-corrected chi connectivity index (χ4v) is 3.35. The molecule has 2 rings (SSSR count). The van der Waals surface area contributed by atoms with Crippen molar-refractivity contribution in [2.45, 2.75) is 43.9 Å². The third-order valence-corrected chi connectivity index (χ3v) is 5.22. The highest BCUT2D eigenvalue weighted by Crippen LogP contribution is 2.30. The van der Waals surface area contributed by atoms with Gasteiger partial charge >= 0.3 is 0 Å². The molecule has 0 aromatic carbocycles. The number of nitrogens with one attached hydrogen (secondary N) is 2. The van der Waals surface area contributed by atoms with Crippen LogP contribution in [0.1, 0.15) is 49.5 Å². The van der Waals surface area contributed by atoms with E-state index in [1.54, 1.807) is 0 Å². The lowest BCUT2D eigenvalue weighted by Crippen LogP contribution is -2.31. The van der Waals surface area contributed by atoms with Crippen molar-refractivity contribution in [1.82, 2.24) is 10.3 Å². The molecule has 0 unspecified atom stereocenters. The van der Waals surface area contributed by atoms with E-state index in [0.29, 0.717) is 12.5 Å². The van der Waals surface area contributed by atoms with Crippen molar-refractivity contribution in [3.8, 4) is 0 Å². The van der Waals surface area contributed by atoms with Gasteiger partial charge in [-0.15, -0.1) is 0 Å². The molecule has 118 valence electrons. The van der Waals surface area contributed by atoms with Crippen LogP contribution in [-0.4, -0.2) is 25.9 Å².